The van der Waals surface area contributed by atoms with Crippen LogP contribution in [0.3, 0.4) is 0 Å². The lowest BCUT2D eigenvalue weighted by molar-refractivity contribution is -0.122. The number of carbonyl (C=O) groups excluding carboxylic acids is 2. The summed E-state index contributed by atoms with van der Waals surface area (Å²) in [6, 6.07) is 24.0. The average molecular weight is 544 g/mol. The largest absolute Gasteiger partial charge is 0.478 e. The molecule has 1 fully saturated rings. The topological polar surface area (TPSA) is 112 Å². The summed E-state index contributed by atoms with van der Waals surface area (Å²) in [4.78, 5) is 41.7. The van der Waals surface area contributed by atoms with Crippen LogP contribution in [0.15, 0.2) is 90.5 Å². The van der Waals surface area contributed by atoms with Gasteiger partial charge in [0.1, 0.15) is 17.1 Å². The van der Waals surface area contributed by atoms with Gasteiger partial charge in [0.05, 0.1) is 16.3 Å². The van der Waals surface area contributed by atoms with Gasteiger partial charge in [0.2, 0.25) is 0 Å². The van der Waals surface area contributed by atoms with Crippen LogP contribution in [-0.2, 0) is 9.59 Å². The molecule has 3 aromatic carbocycles. The molecule has 10 heteroatoms. The Balaban J connectivity index is 1.39. The molecule has 1 saturated heterocycles. The first kappa shape index (κ1) is 24.9. The van der Waals surface area contributed by atoms with Crippen molar-refractivity contribution in [1.29, 1.82) is 0 Å². The molecule has 38 heavy (non-hydrogen) atoms. The smallest absolute Gasteiger partial charge is 0.337 e. The Labute approximate surface area is 227 Å². The zero-order chi connectivity index (χ0) is 26.8. The Morgan fingerprint density at radius 2 is 1.66 bits per heavy atom. The van der Waals surface area contributed by atoms with Crippen LogP contribution < -0.4 is 15.0 Å². The number of nitrogens with one attached hydrogen (secondary N) is 2. The third kappa shape index (κ3) is 5.06. The molecule has 2 heterocycles. The van der Waals surface area contributed by atoms with Crippen molar-refractivity contribution in [2.24, 2.45) is 0 Å². The molecule has 5 rings (SSSR count). The second kappa shape index (κ2) is 10.3. The van der Waals surface area contributed by atoms with Gasteiger partial charge < -0.3 is 14.8 Å². The zero-order valence-electron chi connectivity index (χ0n) is 19.5. The molecule has 0 bridgehead atoms. The molecule has 0 unspecified atom stereocenters. The summed E-state index contributed by atoms with van der Waals surface area (Å²) in [6.07, 6.45) is 1.41. The minimum absolute atomic E-state index is 0.0372. The Morgan fingerprint density at radius 1 is 0.947 bits per heavy atom. The van der Waals surface area contributed by atoms with Gasteiger partial charge in [-0.05, 0) is 84.5 Å². The molecule has 1 aromatic heterocycles. The van der Waals surface area contributed by atoms with E-state index in [1.165, 1.54) is 23.1 Å². The van der Waals surface area contributed by atoms with Crippen LogP contribution in [-0.4, -0.2) is 33.0 Å². The summed E-state index contributed by atoms with van der Waals surface area (Å²) >= 11 is 11.2. The zero-order valence-corrected chi connectivity index (χ0v) is 21.0. The Hall–Kier alpha value is -4.73. The molecular formula is C28H18ClN3O5S. The number of thiocarbonyl (C=S) groups is 1. The number of aromatic carboxylic acids is 1. The van der Waals surface area contributed by atoms with Gasteiger partial charge in [-0.2, -0.15) is 0 Å². The van der Waals surface area contributed by atoms with Crippen LogP contribution >= 0.6 is 23.8 Å². The highest BCUT2D eigenvalue weighted by Crippen LogP contribution is 2.28. The first-order valence-electron chi connectivity index (χ1n) is 11.3. The van der Waals surface area contributed by atoms with E-state index >= 15 is 0 Å². The minimum atomic E-state index is -1.15. The maximum absolute atomic E-state index is 13.3. The van der Waals surface area contributed by atoms with Crippen LogP contribution in [0, 0.1) is 0 Å². The van der Waals surface area contributed by atoms with Crippen molar-refractivity contribution in [2.45, 2.75) is 0 Å². The third-order valence-corrected chi connectivity index (χ3v) is 6.31. The number of aromatic nitrogens is 1. The summed E-state index contributed by atoms with van der Waals surface area (Å²) in [6.45, 7) is 0. The standard InChI is InChI=1S/C28H18ClN3O5S/c29-23-12-6-16(14-21(23)27(35)36)24-13-7-17(30-24)15-22-25(33)31-28(38)32(26(22)34)18-8-10-20(11-9-18)37-19-4-2-1-3-5-19/h1-15,30H,(H,35,36)(H,31,33,38). The molecule has 0 radical (unpaired) electrons. The Morgan fingerprint density at radius 3 is 2.37 bits per heavy atom. The minimum Gasteiger partial charge on any atom is -0.478 e. The number of amides is 2. The molecule has 3 N–H and O–H groups in total. The van der Waals surface area contributed by atoms with Crippen LogP contribution in [0.4, 0.5) is 5.69 Å². The number of aromatic amines is 1. The van der Waals surface area contributed by atoms with E-state index in [1.54, 1.807) is 42.5 Å². The summed E-state index contributed by atoms with van der Waals surface area (Å²) in [5, 5.41) is 12.0. The van der Waals surface area contributed by atoms with Gasteiger partial charge in [0.15, 0.2) is 5.11 Å². The number of hydrogen-bond donors (Lipinski definition) is 3. The van der Waals surface area contributed by atoms with E-state index in [1.807, 2.05) is 30.3 Å². The third-order valence-electron chi connectivity index (χ3n) is 5.69. The highest BCUT2D eigenvalue weighted by Gasteiger charge is 2.34. The molecule has 1 aliphatic heterocycles. The second-order valence-electron chi connectivity index (χ2n) is 8.19. The van der Waals surface area contributed by atoms with Gasteiger partial charge in [-0.15, -0.1) is 0 Å². The van der Waals surface area contributed by atoms with Crippen molar-refractivity contribution in [1.82, 2.24) is 10.3 Å². The Kier molecular flexibility index (Phi) is 6.78. The second-order valence-corrected chi connectivity index (χ2v) is 8.99. The average Bonchev–Trinajstić information content (AvgIpc) is 3.37. The monoisotopic (exact) mass is 543 g/mol. The molecule has 1 aliphatic rings. The fourth-order valence-electron chi connectivity index (χ4n) is 3.86. The van der Waals surface area contributed by atoms with Crippen molar-refractivity contribution in [3.8, 4) is 22.8 Å². The molecule has 4 aromatic rings. The van der Waals surface area contributed by atoms with Crippen molar-refractivity contribution in [3.63, 3.8) is 0 Å². The lowest BCUT2D eigenvalue weighted by atomic mass is 10.1. The summed E-state index contributed by atoms with van der Waals surface area (Å²) in [5.74, 6) is -1.12. The van der Waals surface area contributed by atoms with Crippen LogP contribution in [0.5, 0.6) is 11.5 Å². The van der Waals surface area contributed by atoms with Gasteiger partial charge in [0.25, 0.3) is 11.8 Å². The lowest BCUT2D eigenvalue weighted by Gasteiger charge is -2.29. The number of nitrogens with zero attached hydrogens (tertiary/aromatic N) is 1. The van der Waals surface area contributed by atoms with Gasteiger partial charge in [-0.3, -0.25) is 19.8 Å². The fourth-order valence-corrected chi connectivity index (χ4v) is 4.34. The highest BCUT2D eigenvalue weighted by atomic mass is 35.5. The van der Waals surface area contributed by atoms with E-state index in [9.17, 15) is 19.5 Å². The van der Waals surface area contributed by atoms with Crippen molar-refractivity contribution >= 4 is 58.5 Å². The number of carboxylic acid groups (broad SMARTS) is 1. The van der Waals surface area contributed by atoms with Crippen molar-refractivity contribution < 1.29 is 24.2 Å². The van der Waals surface area contributed by atoms with E-state index in [2.05, 4.69) is 10.3 Å². The summed E-state index contributed by atoms with van der Waals surface area (Å²) in [7, 11) is 0. The predicted octanol–water partition coefficient (Wildman–Crippen LogP) is 5.66. The fraction of sp³-hybridized carbons (Fsp3) is 0. The number of benzene rings is 3. The summed E-state index contributed by atoms with van der Waals surface area (Å²) in [5.41, 5.74) is 1.92. The lowest BCUT2D eigenvalue weighted by Crippen LogP contribution is -2.54. The quantitative estimate of drug-likeness (QED) is 0.164. The van der Waals surface area contributed by atoms with Gasteiger partial charge in [0, 0.05) is 11.4 Å². The number of hydrogen-bond acceptors (Lipinski definition) is 5. The number of anilines is 1. The van der Waals surface area contributed by atoms with Gasteiger partial charge in [-0.25, -0.2) is 4.79 Å². The van der Waals surface area contributed by atoms with E-state index in [0.717, 1.165) is 0 Å². The molecule has 188 valence electrons. The first-order chi connectivity index (χ1) is 18.3. The first-order valence-corrected chi connectivity index (χ1v) is 12.1. The number of carbonyl (C=O) groups is 3. The van der Waals surface area contributed by atoms with E-state index in [4.69, 9.17) is 28.6 Å². The normalized spacial score (nSPS) is 14.5. The van der Waals surface area contributed by atoms with Crippen LogP contribution in [0.25, 0.3) is 17.3 Å². The summed E-state index contributed by atoms with van der Waals surface area (Å²) < 4.78 is 5.80. The maximum atomic E-state index is 13.3. The molecule has 0 spiro atoms. The number of halogens is 1. The molecule has 0 atom stereocenters. The van der Waals surface area contributed by atoms with Crippen molar-refractivity contribution in [2.75, 3.05) is 4.90 Å². The molecule has 8 nitrogen and oxygen atoms in total. The van der Waals surface area contributed by atoms with Gasteiger partial charge >= 0.3 is 5.97 Å². The predicted molar refractivity (Wildman–Crippen MR) is 147 cm³/mol. The van der Waals surface area contributed by atoms with Crippen molar-refractivity contribution in [3.05, 3.63) is 107 Å². The molecule has 0 aliphatic carbocycles. The SMILES string of the molecule is O=C1NC(=S)N(c2ccc(Oc3ccccc3)cc2)C(=O)C1=Cc1ccc(-c2ccc(Cl)c(C(=O)O)c2)[nH]1. The maximum Gasteiger partial charge on any atom is 0.337 e. The molecular weight excluding hydrogens is 526 g/mol. The number of para-hydroxylation sites is 1. The van der Waals surface area contributed by atoms with Gasteiger partial charge in [-0.1, -0.05) is 35.9 Å². The van der Waals surface area contributed by atoms with E-state index in [0.29, 0.717) is 34.1 Å². The Bertz CT molecular complexity index is 1610. The number of H-pyrrole nitrogens is 1. The van der Waals surface area contributed by atoms with E-state index < -0.39 is 17.8 Å². The van der Waals surface area contributed by atoms with E-state index in [-0.39, 0.29) is 21.3 Å². The van der Waals surface area contributed by atoms with Crippen LogP contribution in [0.1, 0.15) is 16.1 Å². The number of ether oxygens (including phenoxy) is 1. The molecule has 0 saturated carbocycles. The highest BCUT2D eigenvalue weighted by molar-refractivity contribution is 7.80. The van der Waals surface area contributed by atoms with Crippen LogP contribution in [0.2, 0.25) is 5.02 Å². The molecule has 2 amide bonds. The number of carboxylic acids is 1. The number of rotatable bonds is 6.